The largest absolute Gasteiger partial charge is 0.416 e. The van der Waals surface area contributed by atoms with Crippen LogP contribution in [0.15, 0.2) is 95.7 Å². The standard InChI is InChI=1S/C41H42F5N3O3S/c1-27-22-29(28-12-14-32(15-13-28)41(44,45)46)10-11-30(27)24-48(33-16-18-47(19-17-33)20-21-52-2)38(51)25-49-36-9-4-3-7-34(36)37(50)23-39(49)53-26-31-6-5-8-35(42)40(31)43/h3-15,22-23,33,37,50H,16-21,24-26H2,1-2H3/i2D3,3D,4D,5D,6D,7D,8D,9D,10D,11D,12D,13D,14D,15D,16D2,17D2,18D2,19D2,20D2,21D2,22D,23D,33D. The van der Waals surface area contributed by atoms with Gasteiger partial charge in [0.15, 0.2) is 11.6 Å². The molecule has 0 bridgehead atoms. The molecule has 4 aromatic rings. The van der Waals surface area contributed by atoms with Crippen LogP contribution in [0.2, 0.25) is 0 Å². The average Bonchev–Trinajstić information content (AvgIpc) is 0.671. The molecule has 1 saturated heterocycles. The molecule has 12 heteroatoms. The lowest BCUT2D eigenvalue weighted by Crippen LogP contribution is -2.50. The summed E-state index contributed by atoms with van der Waals surface area (Å²) in [5.41, 5.74) is -9.36. The van der Waals surface area contributed by atoms with Crippen molar-refractivity contribution >= 4 is 23.4 Å². The van der Waals surface area contributed by atoms with Gasteiger partial charge in [-0.2, -0.15) is 13.2 Å². The molecule has 0 spiro atoms. The Morgan fingerprint density at radius 3 is 2.53 bits per heavy atom. The van der Waals surface area contributed by atoms with Gasteiger partial charge in [0.05, 0.1) is 45.9 Å². The summed E-state index contributed by atoms with van der Waals surface area (Å²) in [6.45, 7) is -21.8. The molecule has 6 nitrogen and oxygen atoms in total. The lowest BCUT2D eigenvalue weighted by molar-refractivity contribution is -0.137. The third-order valence-corrected chi connectivity index (χ3v) is 8.21. The summed E-state index contributed by atoms with van der Waals surface area (Å²) in [6.07, 6.45) is -17.7. The third-order valence-electron chi connectivity index (χ3n) is 7.16. The van der Waals surface area contributed by atoms with E-state index in [9.17, 15) is 29.5 Å². The SMILES string of the molecule is [2H]C1=C(SCc2c([2H])c([2H])c([2H])c(F)c2F)N(CC(=O)N(Cc2c([2H])c([2H])c(-c3c([2H])c([2H])c(C(F)(F)F)c([2H])c3[2H])c([2H])c2C)C2([2H])C([2H])([2H])C([2H])([2H])N(C([2H])([2H])C([2H])([2H])OC([2H])([2H])[2H])C([2H])([2H])C2([2H])[2H])c2c([2H])c([2H])c([2H])c([2H])c2C1O. The van der Waals surface area contributed by atoms with Crippen LogP contribution >= 0.6 is 11.8 Å². The maximum Gasteiger partial charge on any atom is 0.416 e. The number of ether oxygens (including phenoxy) is 1. The number of aliphatic hydroxyl groups excluding tert-OH is 1. The highest BCUT2D eigenvalue weighted by Crippen LogP contribution is 2.41. The number of amides is 1. The van der Waals surface area contributed by atoms with Gasteiger partial charge in [-0.15, -0.1) is 11.8 Å². The van der Waals surface area contributed by atoms with Crippen molar-refractivity contribution < 1.29 is 79.1 Å². The average molecular weight is 783 g/mol. The minimum absolute atomic E-state index is 0.0388. The van der Waals surface area contributed by atoms with E-state index < -0.39 is 251 Å². The highest BCUT2D eigenvalue weighted by molar-refractivity contribution is 8.02. The summed E-state index contributed by atoms with van der Waals surface area (Å²) < 4.78 is 343. The number of nitrogens with zero attached hydrogens (tertiary/aromatic N) is 3. The number of anilines is 1. The monoisotopic (exact) mass is 782 g/mol. The molecule has 6 rings (SSSR count). The Balaban J connectivity index is 1.72. The molecule has 53 heavy (non-hydrogen) atoms. The van der Waals surface area contributed by atoms with E-state index in [4.69, 9.17) is 35.6 Å². The second-order valence-electron chi connectivity index (χ2n) is 10.5. The number of alkyl halides is 3. The summed E-state index contributed by atoms with van der Waals surface area (Å²) in [4.78, 5) is 14.5. The van der Waals surface area contributed by atoms with E-state index in [1.165, 1.54) is 0 Å². The topological polar surface area (TPSA) is 56.3 Å². The van der Waals surface area contributed by atoms with Crippen LogP contribution in [0.4, 0.5) is 27.6 Å². The number of carbonyl (C=O) groups is 1. The fraction of sp³-hybridized carbons (Fsp3) is 0.341. The van der Waals surface area contributed by atoms with Gasteiger partial charge in [0, 0.05) is 75.4 Å². The second kappa shape index (κ2) is 16.8. The zero-order chi connectivity index (χ0) is 64.9. The smallest absolute Gasteiger partial charge is 0.384 e. The highest BCUT2D eigenvalue weighted by Gasteiger charge is 2.33. The predicted octanol–water partition coefficient (Wildman–Crippen LogP) is 8.73. The summed E-state index contributed by atoms with van der Waals surface area (Å²) in [5.74, 6) is -7.17. The molecule has 1 N–H and O–H groups in total. The number of hydrogen-bond acceptors (Lipinski definition) is 6. The number of benzene rings is 4. The van der Waals surface area contributed by atoms with Crippen LogP contribution in [0.5, 0.6) is 0 Å². The molecule has 0 aromatic heterocycles. The Hall–Kier alpha value is -4.23. The molecule has 2 aliphatic rings. The molecule has 0 aliphatic carbocycles. The van der Waals surface area contributed by atoms with E-state index in [0.717, 1.165) is 6.92 Å². The van der Waals surface area contributed by atoms with Gasteiger partial charge in [-0.05, 0) is 72.1 Å². The van der Waals surface area contributed by atoms with E-state index in [-0.39, 0.29) is 11.8 Å². The summed E-state index contributed by atoms with van der Waals surface area (Å²) in [5, 5.41) is 10.6. The molecule has 4 aromatic carbocycles. The minimum Gasteiger partial charge on any atom is -0.384 e. The number of hydrogen-bond donors (Lipinski definition) is 1. The van der Waals surface area contributed by atoms with Crippen LogP contribution in [0.1, 0.15) is 89.2 Å². The van der Waals surface area contributed by atoms with Crippen LogP contribution in [0.3, 0.4) is 0 Å². The number of thioether (sulfide) groups is 1. The zero-order valence-corrected chi connectivity index (χ0v) is 27.4. The number of carbonyl (C=O) groups excluding carboxylic acids is 1. The first kappa shape index (κ1) is 15.5. The Kier molecular flexibility index (Phi) is 4.92. The summed E-state index contributed by atoms with van der Waals surface area (Å²) in [7, 11) is -3.97. The molecule has 1 unspecified atom stereocenters. The zero-order valence-electron chi connectivity index (χ0n) is 57.6. The van der Waals surface area contributed by atoms with Crippen molar-refractivity contribution in [2.45, 2.75) is 50.3 Å². The fourth-order valence-corrected chi connectivity index (χ4v) is 5.59. The Morgan fingerprint density at radius 2 is 1.79 bits per heavy atom. The summed E-state index contributed by atoms with van der Waals surface area (Å²) >= 11 is 0.0388. The number of aliphatic hydroxyl groups is 1. The summed E-state index contributed by atoms with van der Waals surface area (Å²) in [6, 6.07) is -25.0. The molecule has 280 valence electrons. The Bertz CT molecular complexity index is 3360. The molecule has 2 aliphatic heterocycles. The number of piperidine rings is 1. The molecule has 1 atom stereocenters. The van der Waals surface area contributed by atoms with Crippen molar-refractivity contribution in [1.29, 1.82) is 0 Å². The van der Waals surface area contributed by atoms with Crippen molar-refractivity contribution in [2.24, 2.45) is 0 Å². The van der Waals surface area contributed by atoms with Gasteiger partial charge < -0.3 is 24.5 Å². The lowest BCUT2D eigenvalue weighted by Gasteiger charge is -2.41. The highest BCUT2D eigenvalue weighted by atomic mass is 32.2. The molecule has 2 heterocycles. The van der Waals surface area contributed by atoms with E-state index in [0.29, 0.717) is 4.90 Å². The molecule has 1 amide bonds. The number of rotatable bonds is 12. The first-order valence-corrected chi connectivity index (χ1v) is 15.6. The van der Waals surface area contributed by atoms with Gasteiger partial charge in [0.2, 0.25) is 5.91 Å². The number of methoxy groups -OCH3 is 1. The number of fused-ring (bicyclic) bond motifs is 1. The third kappa shape index (κ3) is 9.12. The molecule has 0 saturated carbocycles. The van der Waals surface area contributed by atoms with Gasteiger partial charge in [-0.25, -0.2) is 8.78 Å². The number of para-hydroxylation sites is 1. The molecule has 1 fully saturated rings. The van der Waals surface area contributed by atoms with E-state index in [1.54, 1.807) is 0 Å². The van der Waals surface area contributed by atoms with E-state index >= 15 is 9.18 Å². The van der Waals surface area contributed by atoms with E-state index in [2.05, 4.69) is 4.74 Å². The Labute approximate surface area is 354 Å². The van der Waals surface area contributed by atoms with Gasteiger partial charge >= 0.3 is 6.18 Å². The number of likely N-dealkylation sites (tertiary alicyclic amines) is 1. The Morgan fingerprint density at radius 1 is 1.06 bits per heavy atom. The second-order valence-corrected chi connectivity index (χ2v) is 11.5. The first-order chi connectivity index (χ1) is 37.7. The van der Waals surface area contributed by atoms with Gasteiger partial charge in [0.1, 0.15) is 12.6 Å². The van der Waals surface area contributed by atoms with Crippen molar-refractivity contribution in [2.75, 3.05) is 44.5 Å². The van der Waals surface area contributed by atoms with Crippen LogP contribution < -0.4 is 4.90 Å². The minimum atomic E-state index is -5.52. The van der Waals surface area contributed by atoms with Crippen LogP contribution in [0.25, 0.3) is 11.1 Å². The molecular formula is C41H42F5N3O3S. The maximum atomic E-state index is 15.8. The first-order valence-electron chi connectivity index (χ1n) is 30.1. The van der Waals surface area contributed by atoms with E-state index in [1.807, 2.05) is 0 Å². The van der Waals surface area contributed by atoms with Crippen molar-refractivity contribution in [3.8, 4) is 11.1 Å². The normalized spacial score (nSPS) is 30.5. The van der Waals surface area contributed by atoms with Crippen LogP contribution in [-0.2, 0) is 28.0 Å². The lowest BCUT2D eigenvalue weighted by atomic mass is 9.97. The molecular weight excluding hydrogens is 710 g/mol. The van der Waals surface area contributed by atoms with Crippen molar-refractivity contribution in [1.82, 2.24) is 9.80 Å². The molecule has 0 radical (unpaired) electrons. The van der Waals surface area contributed by atoms with Crippen LogP contribution in [-0.4, -0.2) is 66.5 Å². The maximum absolute atomic E-state index is 15.8. The van der Waals surface area contributed by atoms with Gasteiger partial charge in [-0.3, -0.25) is 4.79 Å². The van der Waals surface area contributed by atoms with Crippen LogP contribution in [0, 0.1) is 18.6 Å². The van der Waals surface area contributed by atoms with Crippen molar-refractivity contribution in [3.05, 3.63) is 135 Å². The fourth-order valence-electron chi connectivity index (χ4n) is 4.60. The predicted molar refractivity (Wildman–Crippen MR) is 198 cm³/mol. The number of halogens is 5. The quantitative estimate of drug-likeness (QED) is 0.145. The van der Waals surface area contributed by atoms with Crippen molar-refractivity contribution in [3.63, 3.8) is 0 Å². The van der Waals surface area contributed by atoms with Gasteiger partial charge in [-0.1, -0.05) is 60.4 Å². The van der Waals surface area contributed by atoms with Gasteiger partial charge in [0.25, 0.3) is 0 Å².